The highest BCUT2D eigenvalue weighted by atomic mass is 79.9. The quantitative estimate of drug-likeness (QED) is 0.894. The van der Waals surface area contributed by atoms with E-state index in [0.717, 1.165) is 19.6 Å². The Kier molecular flexibility index (Phi) is 3.32. The van der Waals surface area contributed by atoms with Gasteiger partial charge in [0.15, 0.2) is 0 Å². The third-order valence-electron chi connectivity index (χ3n) is 3.06. The van der Waals surface area contributed by atoms with Gasteiger partial charge in [-0.05, 0) is 59.4 Å². The van der Waals surface area contributed by atoms with Crippen molar-refractivity contribution in [1.29, 1.82) is 0 Å². The van der Waals surface area contributed by atoms with Gasteiger partial charge in [0.2, 0.25) is 0 Å². The number of rotatable bonds is 2. The van der Waals surface area contributed by atoms with Crippen LogP contribution in [0.3, 0.4) is 0 Å². The number of hydrogen-bond acceptors (Lipinski definition) is 2. The smallest absolute Gasteiger partial charge is 0.0513 e. The van der Waals surface area contributed by atoms with E-state index in [9.17, 15) is 0 Å². The largest absolute Gasteiger partial charge is 0.370 e. The summed E-state index contributed by atoms with van der Waals surface area (Å²) in [5.74, 6) is 0.664. The predicted molar refractivity (Wildman–Crippen MR) is 68.3 cm³/mol. The first-order valence-corrected chi connectivity index (χ1v) is 6.21. The summed E-state index contributed by atoms with van der Waals surface area (Å²) in [4.78, 5) is 2.43. The number of benzene rings is 1. The fourth-order valence-electron chi connectivity index (χ4n) is 2.11. The zero-order valence-electron chi connectivity index (χ0n) is 9.04. The fraction of sp³-hybridized carbons (Fsp3) is 0.500. The fourth-order valence-corrected chi connectivity index (χ4v) is 2.61. The molecule has 1 aliphatic heterocycles. The van der Waals surface area contributed by atoms with Gasteiger partial charge in [-0.1, -0.05) is 6.07 Å². The average Bonchev–Trinajstić information content (AvgIpc) is 2.70. The Hall–Kier alpha value is -0.540. The van der Waals surface area contributed by atoms with Crippen molar-refractivity contribution in [1.82, 2.24) is 0 Å². The Morgan fingerprint density at radius 1 is 1.53 bits per heavy atom. The number of hydrogen-bond donors (Lipinski definition) is 1. The molecule has 82 valence electrons. The summed E-state index contributed by atoms with van der Waals surface area (Å²) in [5, 5.41) is 0. The normalized spacial score (nSPS) is 21.0. The van der Waals surface area contributed by atoms with E-state index in [-0.39, 0.29) is 0 Å². The van der Waals surface area contributed by atoms with Gasteiger partial charge in [0.05, 0.1) is 5.69 Å². The van der Waals surface area contributed by atoms with Gasteiger partial charge in [0, 0.05) is 17.6 Å². The molecular formula is C12H17BrN2. The van der Waals surface area contributed by atoms with E-state index in [1.165, 1.54) is 22.1 Å². The van der Waals surface area contributed by atoms with Gasteiger partial charge in [0.1, 0.15) is 0 Å². The first kappa shape index (κ1) is 11.0. The maximum absolute atomic E-state index is 5.70. The van der Waals surface area contributed by atoms with Gasteiger partial charge in [0.25, 0.3) is 0 Å². The van der Waals surface area contributed by atoms with E-state index in [1.807, 2.05) is 0 Å². The molecule has 0 amide bonds. The molecule has 1 aromatic rings. The van der Waals surface area contributed by atoms with Crippen LogP contribution in [0.1, 0.15) is 12.0 Å². The number of nitrogens with zero attached hydrogens (tertiary/aromatic N) is 1. The lowest BCUT2D eigenvalue weighted by Crippen LogP contribution is -2.22. The Balaban J connectivity index is 2.19. The van der Waals surface area contributed by atoms with E-state index in [4.69, 9.17) is 5.73 Å². The molecule has 0 aromatic heterocycles. The van der Waals surface area contributed by atoms with Crippen LogP contribution < -0.4 is 10.6 Å². The summed E-state index contributed by atoms with van der Waals surface area (Å²) >= 11 is 3.61. The molecule has 0 radical (unpaired) electrons. The van der Waals surface area contributed by atoms with Crippen LogP contribution in [0.2, 0.25) is 0 Å². The molecule has 0 saturated carbocycles. The van der Waals surface area contributed by atoms with Crippen molar-refractivity contribution in [3.63, 3.8) is 0 Å². The van der Waals surface area contributed by atoms with Crippen LogP contribution in [0.5, 0.6) is 0 Å². The van der Waals surface area contributed by atoms with Gasteiger partial charge in [-0.3, -0.25) is 0 Å². The molecule has 0 bridgehead atoms. The Morgan fingerprint density at radius 2 is 2.33 bits per heavy atom. The van der Waals surface area contributed by atoms with Gasteiger partial charge in [-0.2, -0.15) is 0 Å². The maximum atomic E-state index is 5.70. The van der Waals surface area contributed by atoms with Crippen LogP contribution in [0.25, 0.3) is 0 Å². The summed E-state index contributed by atoms with van der Waals surface area (Å²) in [6.45, 7) is 5.16. The summed E-state index contributed by atoms with van der Waals surface area (Å²) in [6.07, 6.45) is 1.22. The molecule has 0 aliphatic carbocycles. The SMILES string of the molecule is Cc1ccc(Br)c(N2CCC(CN)C2)c1. The molecule has 1 fully saturated rings. The molecule has 1 unspecified atom stereocenters. The van der Waals surface area contributed by atoms with Crippen LogP contribution in [0.15, 0.2) is 22.7 Å². The van der Waals surface area contributed by atoms with Crippen molar-refractivity contribution in [3.05, 3.63) is 28.2 Å². The summed E-state index contributed by atoms with van der Waals surface area (Å²) in [6, 6.07) is 6.49. The van der Waals surface area contributed by atoms with E-state index in [1.54, 1.807) is 0 Å². The number of anilines is 1. The third kappa shape index (κ3) is 2.34. The molecule has 1 heterocycles. The predicted octanol–water partition coefficient (Wildman–Crippen LogP) is 2.54. The second kappa shape index (κ2) is 4.54. The standard InChI is InChI=1S/C12H17BrN2/c1-9-2-3-11(13)12(6-9)15-5-4-10(7-14)8-15/h2-3,6,10H,4-5,7-8,14H2,1H3. The minimum Gasteiger partial charge on any atom is -0.370 e. The maximum Gasteiger partial charge on any atom is 0.0513 e. The molecule has 1 saturated heterocycles. The van der Waals surface area contributed by atoms with Crippen molar-refractivity contribution in [2.75, 3.05) is 24.5 Å². The Labute approximate surface area is 99.6 Å². The van der Waals surface area contributed by atoms with E-state index in [0.29, 0.717) is 5.92 Å². The van der Waals surface area contributed by atoms with Crippen molar-refractivity contribution in [2.45, 2.75) is 13.3 Å². The highest BCUT2D eigenvalue weighted by Crippen LogP contribution is 2.31. The van der Waals surface area contributed by atoms with E-state index >= 15 is 0 Å². The first-order chi connectivity index (χ1) is 7.20. The summed E-state index contributed by atoms with van der Waals surface area (Å²) < 4.78 is 1.19. The van der Waals surface area contributed by atoms with Crippen molar-refractivity contribution in [3.8, 4) is 0 Å². The average molecular weight is 269 g/mol. The van der Waals surface area contributed by atoms with Crippen molar-refractivity contribution >= 4 is 21.6 Å². The molecule has 1 aliphatic rings. The number of nitrogens with two attached hydrogens (primary N) is 1. The van der Waals surface area contributed by atoms with Crippen LogP contribution >= 0.6 is 15.9 Å². The minimum atomic E-state index is 0.664. The zero-order chi connectivity index (χ0) is 10.8. The zero-order valence-corrected chi connectivity index (χ0v) is 10.6. The molecule has 2 nitrogen and oxygen atoms in total. The van der Waals surface area contributed by atoms with Crippen LogP contribution in [-0.2, 0) is 0 Å². The second-order valence-corrected chi connectivity index (χ2v) is 5.15. The van der Waals surface area contributed by atoms with E-state index < -0.39 is 0 Å². The van der Waals surface area contributed by atoms with Gasteiger partial charge in [-0.15, -0.1) is 0 Å². The Morgan fingerprint density at radius 3 is 3.00 bits per heavy atom. The minimum absolute atomic E-state index is 0.664. The van der Waals surface area contributed by atoms with E-state index in [2.05, 4.69) is 46.0 Å². The van der Waals surface area contributed by atoms with Gasteiger partial charge >= 0.3 is 0 Å². The Bertz CT molecular complexity index is 351. The molecule has 1 atom stereocenters. The molecular weight excluding hydrogens is 252 g/mol. The molecule has 2 N–H and O–H groups in total. The monoisotopic (exact) mass is 268 g/mol. The molecule has 2 rings (SSSR count). The highest BCUT2D eigenvalue weighted by Gasteiger charge is 2.22. The van der Waals surface area contributed by atoms with Crippen molar-refractivity contribution < 1.29 is 0 Å². The molecule has 0 spiro atoms. The number of aryl methyl sites for hydroxylation is 1. The van der Waals surface area contributed by atoms with Crippen LogP contribution in [-0.4, -0.2) is 19.6 Å². The first-order valence-electron chi connectivity index (χ1n) is 5.42. The third-order valence-corrected chi connectivity index (χ3v) is 3.73. The van der Waals surface area contributed by atoms with Crippen molar-refractivity contribution in [2.24, 2.45) is 11.7 Å². The van der Waals surface area contributed by atoms with Crippen LogP contribution in [0.4, 0.5) is 5.69 Å². The highest BCUT2D eigenvalue weighted by molar-refractivity contribution is 9.10. The van der Waals surface area contributed by atoms with Crippen LogP contribution in [0, 0.1) is 12.8 Å². The lowest BCUT2D eigenvalue weighted by Gasteiger charge is -2.20. The summed E-state index contributed by atoms with van der Waals surface area (Å²) in [5.41, 5.74) is 8.32. The molecule has 3 heteroatoms. The number of halogens is 1. The van der Waals surface area contributed by atoms with Gasteiger partial charge < -0.3 is 10.6 Å². The van der Waals surface area contributed by atoms with Gasteiger partial charge in [-0.25, -0.2) is 0 Å². The topological polar surface area (TPSA) is 29.3 Å². The second-order valence-electron chi connectivity index (χ2n) is 4.29. The molecule has 1 aromatic carbocycles. The summed E-state index contributed by atoms with van der Waals surface area (Å²) in [7, 11) is 0. The molecule has 15 heavy (non-hydrogen) atoms. The lowest BCUT2D eigenvalue weighted by atomic mass is 10.1. The lowest BCUT2D eigenvalue weighted by molar-refractivity contribution is 0.602.